The van der Waals surface area contributed by atoms with E-state index in [9.17, 15) is 4.79 Å². The van der Waals surface area contributed by atoms with E-state index in [-0.39, 0.29) is 11.8 Å². The molecule has 1 amide bonds. The molecule has 5 heteroatoms. The summed E-state index contributed by atoms with van der Waals surface area (Å²) in [6, 6.07) is 6.92. The smallest absolute Gasteiger partial charge is 0.238 e. The third-order valence-corrected chi connectivity index (χ3v) is 5.24. The number of amides is 1. The zero-order valence-corrected chi connectivity index (χ0v) is 12.1. The Bertz CT molecular complexity index is 707. The fourth-order valence-corrected chi connectivity index (χ4v) is 4.25. The van der Waals surface area contributed by atoms with Crippen molar-refractivity contribution in [2.75, 3.05) is 13.6 Å². The van der Waals surface area contributed by atoms with Crippen molar-refractivity contribution in [3.05, 3.63) is 35.5 Å². The number of aromatic nitrogens is 1. The number of nitrogens with two attached hydrogens (primary N) is 1. The number of likely N-dealkylation sites (tertiary alicyclic amines) is 1. The number of hydrogen-bond acceptors (Lipinski definition) is 3. The van der Waals surface area contributed by atoms with Gasteiger partial charge in [0.25, 0.3) is 0 Å². The summed E-state index contributed by atoms with van der Waals surface area (Å²) in [4.78, 5) is 17.7. The van der Waals surface area contributed by atoms with E-state index in [1.807, 2.05) is 0 Å². The molecule has 1 unspecified atom stereocenters. The molecule has 5 nitrogen and oxygen atoms in total. The van der Waals surface area contributed by atoms with Crippen LogP contribution in [-0.4, -0.2) is 35.4 Å². The van der Waals surface area contributed by atoms with Crippen LogP contribution in [0.2, 0.25) is 0 Å². The number of fused-ring (bicyclic) bond motifs is 2. The molecule has 1 aromatic heterocycles. The molecule has 4 N–H and O–H groups in total. The molecule has 1 fully saturated rings. The van der Waals surface area contributed by atoms with E-state index in [0.29, 0.717) is 12.0 Å². The fraction of sp³-hybridized carbons (Fsp3) is 0.438. The first-order valence-electron chi connectivity index (χ1n) is 7.48. The third kappa shape index (κ3) is 1.81. The molecule has 4 rings (SSSR count). The molecule has 0 saturated carbocycles. The van der Waals surface area contributed by atoms with Crippen molar-refractivity contribution in [1.82, 2.24) is 15.3 Å². The molecule has 2 heterocycles. The normalized spacial score (nSPS) is 28.4. The van der Waals surface area contributed by atoms with E-state index in [0.717, 1.165) is 19.4 Å². The highest BCUT2D eigenvalue weighted by Gasteiger charge is 2.41. The average molecular weight is 284 g/mol. The van der Waals surface area contributed by atoms with Crippen molar-refractivity contribution in [3.63, 3.8) is 0 Å². The van der Waals surface area contributed by atoms with E-state index >= 15 is 0 Å². The Hall–Kier alpha value is -1.85. The largest absolute Gasteiger partial charge is 0.361 e. The van der Waals surface area contributed by atoms with Crippen LogP contribution in [0.3, 0.4) is 0 Å². The molecule has 2 aliphatic rings. The molecule has 1 aromatic carbocycles. The molecule has 0 spiro atoms. The molecular formula is C16H20N4O. The molecule has 3 atom stereocenters. The Morgan fingerprint density at radius 3 is 3.14 bits per heavy atom. The number of carbonyl (C=O) groups is 1. The summed E-state index contributed by atoms with van der Waals surface area (Å²) in [5.74, 6) is 5.65. The summed E-state index contributed by atoms with van der Waals surface area (Å²) in [5, 5.41) is 1.36. The van der Waals surface area contributed by atoms with Gasteiger partial charge in [0.05, 0.1) is 5.92 Å². The first kappa shape index (κ1) is 12.9. The second-order valence-electron chi connectivity index (χ2n) is 6.34. The fourth-order valence-electron chi connectivity index (χ4n) is 4.25. The van der Waals surface area contributed by atoms with Crippen molar-refractivity contribution in [1.29, 1.82) is 0 Å². The van der Waals surface area contributed by atoms with Crippen LogP contribution in [0.1, 0.15) is 23.5 Å². The first-order chi connectivity index (χ1) is 10.2. The monoisotopic (exact) mass is 284 g/mol. The molecule has 21 heavy (non-hydrogen) atoms. The summed E-state index contributed by atoms with van der Waals surface area (Å²) in [5.41, 5.74) is 6.30. The van der Waals surface area contributed by atoms with E-state index in [4.69, 9.17) is 5.84 Å². The van der Waals surface area contributed by atoms with E-state index in [1.165, 1.54) is 22.0 Å². The summed E-state index contributed by atoms with van der Waals surface area (Å²) in [6.07, 6.45) is 4.06. The van der Waals surface area contributed by atoms with Gasteiger partial charge in [-0.05, 0) is 37.1 Å². The molecule has 1 aliphatic heterocycles. The Labute approximate surface area is 123 Å². The van der Waals surface area contributed by atoms with Crippen LogP contribution in [0.4, 0.5) is 0 Å². The average Bonchev–Trinajstić information content (AvgIpc) is 2.92. The number of carbonyl (C=O) groups excluding carboxylic acids is 1. The third-order valence-electron chi connectivity index (χ3n) is 5.24. The van der Waals surface area contributed by atoms with Crippen LogP contribution in [0.15, 0.2) is 24.4 Å². The number of hydrazine groups is 1. The molecule has 2 aromatic rings. The van der Waals surface area contributed by atoms with Gasteiger partial charge in [0.15, 0.2) is 0 Å². The quantitative estimate of drug-likeness (QED) is 0.417. The van der Waals surface area contributed by atoms with Crippen LogP contribution in [-0.2, 0) is 11.2 Å². The molecule has 0 bridgehead atoms. The topological polar surface area (TPSA) is 74.2 Å². The van der Waals surface area contributed by atoms with Crippen LogP contribution in [0.25, 0.3) is 10.9 Å². The van der Waals surface area contributed by atoms with Gasteiger partial charge in [0, 0.05) is 35.6 Å². The number of nitrogens with zero attached hydrogens (tertiary/aromatic N) is 1. The maximum absolute atomic E-state index is 12.0. The standard InChI is InChI=1S/C16H20N4O/c1-20-8-10(16(21)19-17)5-12-11-3-2-4-13-15(11)9(7-18-13)6-14(12)20/h2-4,7,10,12,14,18H,5-6,8,17H2,1H3,(H,19,21)/t10-,12?,14-/m1/s1. The number of benzene rings is 1. The molecule has 110 valence electrons. The Kier molecular flexibility index (Phi) is 2.80. The minimum atomic E-state index is -0.0488. The van der Waals surface area contributed by atoms with Gasteiger partial charge in [0.2, 0.25) is 5.91 Å². The number of H-pyrrole nitrogens is 1. The maximum atomic E-state index is 12.0. The number of likely N-dealkylation sites (N-methyl/N-ethyl adjacent to an activating group) is 1. The second-order valence-corrected chi connectivity index (χ2v) is 6.34. The number of hydrogen-bond donors (Lipinski definition) is 3. The van der Waals surface area contributed by atoms with Gasteiger partial charge >= 0.3 is 0 Å². The minimum absolute atomic E-state index is 0.0306. The SMILES string of the molecule is CN1C[C@H](C(=O)NN)CC2c3cccc4[nH]cc(c34)C[C@H]21. The van der Waals surface area contributed by atoms with Crippen LogP contribution >= 0.6 is 0 Å². The van der Waals surface area contributed by atoms with Crippen LogP contribution < -0.4 is 11.3 Å². The summed E-state index contributed by atoms with van der Waals surface area (Å²) < 4.78 is 0. The number of rotatable bonds is 1. The van der Waals surface area contributed by atoms with Crippen molar-refractivity contribution in [2.24, 2.45) is 11.8 Å². The highest BCUT2D eigenvalue weighted by atomic mass is 16.2. The second kappa shape index (κ2) is 4.58. The van der Waals surface area contributed by atoms with Gasteiger partial charge in [-0.1, -0.05) is 12.1 Å². The lowest BCUT2D eigenvalue weighted by molar-refractivity contribution is -0.127. The van der Waals surface area contributed by atoms with Crippen molar-refractivity contribution >= 4 is 16.8 Å². The van der Waals surface area contributed by atoms with Gasteiger partial charge in [-0.15, -0.1) is 0 Å². The predicted molar refractivity (Wildman–Crippen MR) is 81.6 cm³/mol. The lowest BCUT2D eigenvalue weighted by Crippen LogP contribution is -2.52. The summed E-state index contributed by atoms with van der Waals surface area (Å²) in [6.45, 7) is 0.778. The number of aromatic amines is 1. The summed E-state index contributed by atoms with van der Waals surface area (Å²) >= 11 is 0. The molecular weight excluding hydrogens is 264 g/mol. The molecule has 1 aliphatic carbocycles. The van der Waals surface area contributed by atoms with E-state index in [2.05, 4.69) is 46.8 Å². The van der Waals surface area contributed by atoms with Crippen molar-refractivity contribution < 1.29 is 4.79 Å². The van der Waals surface area contributed by atoms with Gasteiger partial charge in [-0.3, -0.25) is 10.2 Å². The Morgan fingerprint density at radius 1 is 1.48 bits per heavy atom. The minimum Gasteiger partial charge on any atom is -0.361 e. The zero-order chi connectivity index (χ0) is 14.6. The van der Waals surface area contributed by atoms with Gasteiger partial charge in [-0.25, -0.2) is 5.84 Å². The Balaban J connectivity index is 1.79. The number of nitrogens with one attached hydrogen (secondary N) is 2. The Morgan fingerprint density at radius 2 is 2.33 bits per heavy atom. The van der Waals surface area contributed by atoms with Gasteiger partial charge in [-0.2, -0.15) is 0 Å². The predicted octanol–water partition coefficient (Wildman–Crippen LogP) is 1.12. The van der Waals surface area contributed by atoms with Crippen molar-refractivity contribution in [2.45, 2.75) is 24.8 Å². The van der Waals surface area contributed by atoms with Crippen LogP contribution in [0.5, 0.6) is 0 Å². The highest BCUT2D eigenvalue weighted by Crippen LogP contribution is 2.44. The molecule has 1 saturated heterocycles. The van der Waals surface area contributed by atoms with E-state index in [1.54, 1.807) is 0 Å². The number of piperidine rings is 1. The van der Waals surface area contributed by atoms with Gasteiger partial charge < -0.3 is 9.88 Å². The summed E-state index contributed by atoms with van der Waals surface area (Å²) in [7, 11) is 2.12. The van der Waals surface area contributed by atoms with Crippen molar-refractivity contribution in [3.8, 4) is 0 Å². The highest BCUT2D eigenvalue weighted by molar-refractivity contribution is 5.88. The van der Waals surface area contributed by atoms with Crippen LogP contribution in [0, 0.1) is 5.92 Å². The lowest BCUT2D eigenvalue weighted by atomic mass is 9.72. The molecule has 0 radical (unpaired) electrons. The maximum Gasteiger partial charge on any atom is 0.238 e. The van der Waals surface area contributed by atoms with Gasteiger partial charge in [0.1, 0.15) is 0 Å². The zero-order valence-electron chi connectivity index (χ0n) is 12.1. The lowest BCUT2D eigenvalue weighted by Gasteiger charge is -2.45. The van der Waals surface area contributed by atoms with E-state index < -0.39 is 0 Å². The first-order valence-corrected chi connectivity index (χ1v) is 7.48.